The molecule has 1 aromatic carbocycles. The van der Waals surface area contributed by atoms with Gasteiger partial charge in [-0.25, -0.2) is 0 Å². The van der Waals surface area contributed by atoms with Crippen LogP contribution in [0.1, 0.15) is 110 Å². The number of phenols is 1. The number of benzene rings is 1. The summed E-state index contributed by atoms with van der Waals surface area (Å²) in [5, 5.41) is 20.7. The Balaban J connectivity index is 1.92. The van der Waals surface area contributed by atoms with Crippen LogP contribution in [0.4, 0.5) is 0 Å². The molecule has 1 saturated carbocycles. The molecule has 3 rings (SSSR count). The van der Waals surface area contributed by atoms with Gasteiger partial charge in [0.1, 0.15) is 17.1 Å². The van der Waals surface area contributed by atoms with E-state index in [2.05, 4.69) is 40.7 Å². The number of rotatable bonds is 9. The summed E-state index contributed by atoms with van der Waals surface area (Å²) < 4.78 is 6.56. The zero-order valence-corrected chi connectivity index (χ0v) is 21.6. The number of nitrogens with zero attached hydrogens (tertiary/aromatic N) is 1. The van der Waals surface area contributed by atoms with Gasteiger partial charge in [0.2, 0.25) is 5.91 Å². The fraction of sp³-hybridized carbons (Fsp3) is 0.750. The molecule has 1 aromatic rings. The highest BCUT2D eigenvalue weighted by atomic mass is 16.5. The van der Waals surface area contributed by atoms with Crippen molar-refractivity contribution in [1.29, 1.82) is 0 Å². The first kappa shape index (κ1) is 25.9. The molecule has 1 aliphatic carbocycles. The van der Waals surface area contributed by atoms with Crippen molar-refractivity contribution in [3.8, 4) is 11.5 Å². The predicted molar refractivity (Wildman–Crippen MR) is 133 cm³/mol. The second-order valence-corrected chi connectivity index (χ2v) is 11.4. The van der Waals surface area contributed by atoms with E-state index in [-0.39, 0.29) is 41.4 Å². The van der Waals surface area contributed by atoms with Crippen molar-refractivity contribution in [1.82, 2.24) is 4.90 Å². The van der Waals surface area contributed by atoms with Gasteiger partial charge in [0, 0.05) is 31.0 Å². The van der Waals surface area contributed by atoms with E-state index in [4.69, 9.17) is 4.74 Å². The Kier molecular flexibility index (Phi) is 8.03. The van der Waals surface area contributed by atoms with Crippen LogP contribution in [-0.2, 0) is 10.2 Å². The smallest absolute Gasteiger partial charge is 0.219 e. The van der Waals surface area contributed by atoms with Crippen LogP contribution in [0.3, 0.4) is 0 Å². The summed E-state index contributed by atoms with van der Waals surface area (Å²) in [6.45, 7) is 13.0. The molecule has 1 aliphatic heterocycles. The highest BCUT2D eigenvalue weighted by Gasteiger charge is 2.49. The van der Waals surface area contributed by atoms with Crippen LogP contribution in [-0.4, -0.2) is 45.8 Å². The van der Waals surface area contributed by atoms with Crippen molar-refractivity contribution in [2.45, 2.75) is 116 Å². The topological polar surface area (TPSA) is 70.0 Å². The number of fused-ring (bicyclic) bond motifs is 3. The van der Waals surface area contributed by atoms with Gasteiger partial charge in [-0.15, -0.1) is 0 Å². The molecule has 5 heteroatoms. The molecule has 3 atom stereocenters. The molecule has 2 aliphatic rings. The quantitative estimate of drug-likeness (QED) is 0.451. The SMILES string of the molecule is CCCCCCC(C)(C)c1cc(O)c2c(c1)OC(C)(C)[C@@H]1CCC(N(CCO)C(C)=O)C[C@@H]21. The lowest BCUT2D eigenvalue weighted by Gasteiger charge is -2.50. The van der Waals surface area contributed by atoms with Gasteiger partial charge in [0.15, 0.2) is 0 Å². The van der Waals surface area contributed by atoms with Crippen molar-refractivity contribution in [3.63, 3.8) is 0 Å². The maximum absolute atomic E-state index is 12.3. The maximum Gasteiger partial charge on any atom is 0.219 e. The molecule has 186 valence electrons. The van der Waals surface area contributed by atoms with Gasteiger partial charge in [0.25, 0.3) is 0 Å². The first-order valence-corrected chi connectivity index (χ1v) is 13.0. The molecule has 1 amide bonds. The Morgan fingerprint density at radius 3 is 2.58 bits per heavy atom. The number of hydrogen-bond acceptors (Lipinski definition) is 4. The van der Waals surface area contributed by atoms with Crippen molar-refractivity contribution < 1.29 is 19.7 Å². The van der Waals surface area contributed by atoms with E-state index in [1.54, 1.807) is 6.92 Å². The zero-order chi connectivity index (χ0) is 24.4. The number of aliphatic hydroxyl groups excluding tert-OH is 1. The summed E-state index contributed by atoms with van der Waals surface area (Å²) in [4.78, 5) is 14.1. The summed E-state index contributed by atoms with van der Waals surface area (Å²) in [5.74, 6) is 1.54. The average molecular weight is 460 g/mol. The number of phenolic OH excluding ortho intramolecular Hbond substituents is 1. The number of aliphatic hydroxyl groups is 1. The Labute approximate surface area is 200 Å². The zero-order valence-electron chi connectivity index (χ0n) is 21.6. The lowest BCUT2D eigenvalue weighted by molar-refractivity contribution is -0.133. The fourth-order valence-corrected chi connectivity index (χ4v) is 6.24. The van der Waals surface area contributed by atoms with Crippen LogP contribution < -0.4 is 4.74 Å². The highest BCUT2D eigenvalue weighted by molar-refractivity contribution is 5.73. The second-order valence-electron chi connectivity index (χ2n) is 11.4. The van der Waals surface area contributed by atoms with Crippen molar-refractivity contribution in [3.05, 3.63) is 23.3 Å². The third-order valence-corrected chi connectivity index (χ3v) is 8.20. The third kappa shape index (κ3) is 5.50. The molecule has 2 N–H and O–H groups in total. The van der Waals surface area contributed by atoms with Gasteiger partial charge in [-0.3, -0.25) is 4.79 Å². The minimum atomic E-state index is -0.336. The van der Waals surface area contributed by atoms with Crippen molar-refractivity contribution in [2.75, 3.05) is 13.2 Å². The number of carbonyl (C=O) groups excluding carboxylic acids is 1. The Hall–Kier alpha value is -1.75. The van der Waals surface area contributed by atoms with Gasteiger partial charge in [0.05, 0.1) is 6.61 Å². The number of amides is 1. The molecule has 1 fully saturated rings. The van der Waals surface area contributed by atoms with Gasteiger partial charge in [-0.05, 0) is 68.6 Å². The monoisotopic (exact) mass is 459 g/mol. The van der Waals surface area contributed by atoms with Crippen LogP contribution in [0.25, 0.3) is 0 Å². The highest BCUT2D eigenvalue weighted by Crippen LogP contribution is 2.55. The summed E-state index contributed by atoms with van der Waals surface area (Å²) in [6.07, 6.45) is 8.62. The largest absolute Gasteiger partial charge is 0.508 e. The first-order chi connectivity index (χ1) is 15.5. The van der Waals surface area contributed by atoms with Crippen molar-refractivity contribution in [2.24, 2.45) is 5.92 Å². The van der Waals surface area contributed by atoms with E-state index in [0.29, 0.717) is 12.3 Å². The molecule has 0 aromatic heterocycles. The normalized spacial score (nSPS) is 23.9. The second kappa shape index (κ2) is 10.2. The molecule has 5 nitrogen and oxygen atoms in total. The van der Waals surface area contributed by atoms with Crippen LogP contribution in [0.5, 0.6) is 11.5 Å². The number of unbranched alkanes of at least 4 members (excludes halogenated alkanes) is 3. The molecule has 0 spiro atoms. The Bertz CT molecular complexity index is 831. The summed E-state index contributed by atoms with van der Waals surface area (Å²) >= 11 is 0. The minimum absolute atomic E-state index is 0.00318. The standard InChI is InChI=1S/C28H45NO4/c1-7-8-9-10-13-27(3,4)20-16-24(32)26-22-18-21(29(14-15-30)19(2)31)11-12-23(22)28(5,6)33-25(26)17-20/h16-17,21-23,30,32H,7-15,18H2,1-6H3/t21?,22-,23-/m1/s1. The minimum Gasteiger partial charge on any atom is -0.508 e. The van der Waals surface area contributed by atoms with Gasteiger partial charge >= 0.3 is 0 Å². The molecule has 0 radical (unpaired) electrons. The van der Waals surface area contributed by atoms with E-state index < -0.39 is 0 Å². The lowest BCUT2D eigenvalue weighted by atomic mass is 9.64. The van der Waals surface area contributed by atoms with E-state index in [1.807, 2.05) is 11.0 Å². The number of carbonyl (C=O) groups is 1. The van der Waals surface area contributed by atoms with Gasteiger partial charge < -0.3 is 19.8 Å². The third-order valence-electron chi connectivity index (χ3n) is 8.20. The molecular weight excluding hydrogens is 414 g/mol. The fourth-order valence-electron chi connectivity index (χ4n) is 6.24. The maximum atomic E-state index is 12.3. The van der Waals surface area contributed by atoms with E-state index in [0.717, 1.165) is 42.6 Å². The van der Waals surface area contributed by atoms with E-state index >= 15 is 0 Å². The number of hydrogen-bond donors (Lipinski definition) is 2. The average Bonchev–Trinajstić information content (AvgIpc) is 2.73. The van der Waals surface area contributed by atoms with Crippen LogP contribution in [0.15, 0.2) is 12.1 Å². The summed E-state index contributed by atoms with van der Waals surface area (Å²) in [7, 11) is 0. The predicted octanol–water partition coefficient (Wildman–Crippen LogP) is 5.90. The van der Waals surface area contributed by atoms with Crippen LogP contribution >= 0.6 is 0 Å². The molecule has 1 unspecified atom stereocenters. The van der Waals surface area contributed by atoms with Crippen molar-refractivity contribution >= 4 is 5.91 Å². The van der Waals surface area contributed by atoms with Gasteiger partial charge in [-0.1, -0.05) is 46.5 Å². The van der Waals surface area contributed by atoms with E-state index in [1.165, 1.54) is 25.7 Å². The lowest BCUT2D eigenvalue weighted by Crippen LogP contribution is -2.51. The molecule has 33 heavy (non-hydrogen) atoms. The molecule has 1 heterocycles. The number of aromatic hydroxyl groups is 1. The first-order valence-electron chi connectivity index (χ1n) is 13.0. The summed E-state index contributed by atoms with van der Waals surface area (Å²) in [5.41, 5.74) is 1.66. The van der Waals surface area contributed by atoms with Gasteiger partial charge in [-0.2, -0.15) is 0 Å². The Morgan fingerprint density at radius 1 is 1.21 bits per heavy atom. The van der Waals surface area contributed by atoms with Crippen LogP contribution in [0.2, 0.25) is 0 Å². The Morgan fingerprint density at radius 2 is 1.94 bits per heavy atom. The molecule has 0 saturated heterocycles. The summed E-state index contributed by atoms with van der Waals surface area (Å²) in [6, 6.07) is 4.19. The van der Waals surface area contributed by atoms with E-state index in [9.17, 15) is 15.0 Å². The van der Waals surface area contributed by atoms with Crippen LogP contribution in [0, 0.1) is 5.92 Å². The number of ether oxygens (including phenoxy) is 1. The molecular formula is C28H45NO4. The molecule has 0 bridgehead atoms.